The molecule has 5 nitrogen and oxygen atoms in total. The number of imidazole rings is 1. The van der Waals surface area contributed by atoms with Crippen molar-refractivity contribution in [3.8, 4) is 11.3 Å². The Labute approximate surface area is 141 Å². The van der Waals surface area contributed by atoms with E-state index < -0.39 is 0 Å². The maximum atomic E-state index is 11.8. The first-order valence-corrected chi connectivity index (χ1v) is 8.64. The topological polar surface area (TPSA) is 58.4 Å². The van der Waals surface area contributed by atoms with Crippen molar-refractivity contribution >= 4 is 5.91 Å². The summed E-state index contributed by atoms with van der Waals surface area (Å²) in [6, 6.07) is 6.14. The Morgan fingerprint density at radius 2 is 2.12 bits per heavy atom. The largest absolute Gasteiger partial charge is 0.392 e. The van der Waals surface area contributed by atoms with Gasteiger partial charge in [-0.2, -0.15) is 0 Å². The molecule has 2 heterocycles. The van der Waals surface area contributed by atoms with Gasteiger partial charge in [0.05, 0.1) is 24.5 Å². The molecule has 2 aliphatic rings. The van der Waals surface area contributed by atoms with E-state index in [1.807, 2.05) is 24.0 Å². The number of benzene rings is 1. The van der Waals surface area contributed by atoms with Crippen molar-refractivity contribution in [2.45, 2.75) is 52.3 Å². The molecule has 126 valence electrons. The number of rotatable bonds is 3. The molecule has 1 aromatic heterocycles. The molecule has 0 unspecified atom stereocenters. The minimum atomic E-state index is 0.0325. The molecule has 1 saturated carbocycles. The lowest BCUT2D eigenvalue weighted by Crippen LogP contribution is -2.37. The Kier molecular flexibility index (Phi) is 3.68. The second-order valence-electron chi connectivity index (χ2n) is 6.93. The third-order valence-corrected chi connectivity index (χ3v) is 5.22. The summed E-state index contributed by atoms with van der Waals surface area (Å²) in [5.74, 6) is 1.86. The van der Waals surface area contributed by atoms with Gasteiger partial charge >= 0.3 is 0 Å². The lowest BCUT2D eigenvalue weighted by atomic mass is 10.0. The van der Waals surface area contributed by atoms with Crippen LogP contribution < -0.4 is 0 Å². The van der Waals surface area contributed by atoms with Gasteiger partial charge in [-0.05, 0) is 37.0 Å². The fourth-order valence-electron chi connectivity index (χ4n) is 3.54. The first-order valence-electron chi connectivity index (χ1n) is 8.64. The van der Waals surface area contributed by atoms with Crippen LogP contribution >= 0.6 is 0 Å². The Hall–Kier alpha value is -2.14. The fraction of sp³-hybridized carbons (Fsp3) is 0.474. The summed E-state index contributed by atoms with van der Waals surface area (Å²) in [4.78, 5) is 18.7. The fourth-order valence-corrected chi connectivity index (χ4v) is 3.54. The molecule has 0 spiro atoms. The highest BCUT2D eigenvalue weighted by Gasteiger charge is 2.34. The first-order chi connectivity index (χ1) is 11.6. The minimum absolute atomic E-state index is 0.0325. The van der Waals surface area contributed by atoms with Crippen molar-refractivity contribution in [1.29, 1.82) is 0 Å². The number of aliphatic hydroxyl groups is 1. The number of carbonyl (C=O) groups is 1. The maximum Gasteiger partial charge on any atom is 0.219 e. The average molecular weight is 325 g/mol. The number of carbonyl (C=O) groups excluding carboxylic acids is 1. The highest BCUT2D eigenvalue weighted by atomic mass is 16.3. The second-order valence-corrected chi connectivity index (χ2v) is 6.93. The Bertz CT molecular complexity index is 805. The molecule has 1 aliphatic carbocycles. The molecule has 0 radical (unpaired) electrons. The highest BCUT2D eigenvalue weighted by molar-refractivity contribution is 5.74. The molecule has 1 fully saturated rings. The van der Waals surface area contributed by atoms with Gasteiger partial charge in [0.15, 0.2) is 0 Å². The van der Waals surface area contributed by atoms with Crippen molar-refractivity contribution in [2.75, 3.05) is 6.54 Å². The van der Waals surface area contributed by atoms with Crippen LogP contribution in [0.3, 0.4) is 0 Å². The molecule has 24 heavy (non-hydrogen) atoms. The van der Waals surface area contributed by atoms with Gasteiger partial charge in [-0.3, -0.25) is 4.79 Å². The summed E-state index contributed by atoms with van der Waals surface area (Å²) in [6.07, 6.45) is 2.42. The first kappa shape index (κ1) is 15.4. The third kappa shape index (κ3) is 2.53. The van der Waals surface area contributed by atoms with Crippen molar-refractivity contribution < 1.29 is 9.90 Å². The van der Waals surface area contributed by atoms with Crippen LogP contribution in [0.4, 0.5) is 0 Å². The van der Waals surface area contributed by atoms with E-state index >= 15 is 0 Å². The van der Waals surface area contributed by atoms with E-state index in [4.69, 9.17) is 4.98 Å². The van der Waals surface area contributed by atoms with E-state index in [9.17, 15) is 9.90 Å². The van der Waals surface area contributed by atoms with E-state index in [0.29, 0.717) is 12.5 Å². The zero-order valence-corrected chi connectivity index (χ0v) is 14.2. The quantitative estimate of drug-likeness (QED) is 0.943. The number of nitrogens with zero attached hydrogens (tertiary/aromatic N) is 3. The van der Waals surface area contributed by atoms with Crippen LogP contribution in [0, 0.1) is 6.92 Å². The monoisotopic (exact) mass is 325 g/mol. The molecule has 2 aromatic rings. The number of amides is 1. The van der Waals surface area contributed by atoms with E-state index in [0.717, 1.165) is 41.2 Å². The zero-order chi connectivity index (χ0) is 16.8. The lowest BCUT2D eigenvalue weighted by Gasteiger charge is -2.28. The zero-order valence-electron chi connectivity index (χ0n) is 14.2. The van der Waals surface area contributed by atoms with Gasteiger partial charge in [0.2, 0.25) is 5.91 Å². The van der Waals surface area contributed by atoms with Crippen LogP contribution in [0.15, 0.2) is 18.2 Å². The van der Waals surface area contributed by atoms with Crippen LogP contribution in [0.25, 0.3) is 11.3 Å². The Morgan fingerprint density at radius 3 is 2.79 bits per heavy atom. The van der Waals surface area contributed by atoms with Crippen molar-refractivity contribution in [1.82, 2.24) is 14.5 Å². The molecular weight excluding hydrogens is 302 g/mol. The predicted octanol–water partition coefficient (Wildman–Crippen LogP) is 2.59. The van der Waals surface area contributed by atoms with E-state index in [2.05, 4.69) is 10.6 Å². The van der Waals surface area contributed by atoms with Crippen molar-refractivity contribution in [3.63, 3.8) is 0 Å². The number of aromatic nitrogens is 2. The van der Waals surface area contributed by atoms with Gasteiger partial charge in [0, 0.05) is 31.5 Å². The van der Waals surface area contributed by atoms with Crippen molar-refractivity contribution in [3.05, 3.63) is 40.8 Å². The van der Waals surface area contributed by atoms with E-state index in [1.165, 1.54) is 18.7 Å². The normalized spacial score (nSPS) is 17.0. The van der Waals surface area contributed by atoms with Gasteiger partial charge < -0.3 is 14.6 Å². The van der Waals surface area contributed by atoms with Gasteiger partial charge in [-0.1, -0.05) is 12.1 Å². The van der Waals surface area contributed by atoms with Gasteiger partial charge in [-0.25, -0.2) is 4.98 Å². The molecule has 1 aliphatic heterocycles. The molecule has 1 amide bonds. The average Bonchev–Trinajstić information content (AvgIpc) is 3.36. The lowest BCUT2D eigenvalue weighted by molar-refractivity contribution is -0.130. The van der Waals surface area contributed by atoms with Crippen molar-refractivity contribution in [2.24, 2.45) is 0 Å². The van der Waals surface area contributed by atoms with Crippen LogP contribution in [0.1, 0.15) is 48.3 Å². The Morgan fingerprint density at radius 1 is 1.33 bits per heavy atom. The number of aryl methyl sites for hydroxylation is 1. The minimum Gasteiger partial charge on any atom is -0.392 e. The summed E-state index contributed by atoms with van der Waals surface area (Å²) >= 11 is 0. The molecule has 4 rings (SSSR count). The molecule has 0 atom stereocenters. The SMILES string of the molecule is CC(=O)N1CCn2c(C3CC3)nc(-c3ccc(C)c(CO)c3)c2C1. The summed E-state index contributed by atoms with van der Waals surface area (Å²) in [6.45, 7) is 5.87. The molecule has 0 saturated heterocycles. The summed E-state index contributed by atoms with van der Waals surface area (Å²) in [7, 11) is 0. The number of aliphatic hydroxyl groups excluding tert-OH is 1. The van der Waals surface area contributed by atoms with Crippen LogP contribution in [-0.4, -0.2) is 32.0 Å². The van der Waals surface area contributed by atoms with Crippen LogP contribution in [-0.2, 0) is 24.5 Å². The van der Waals surface area contributed by atoms with E-state index in [-0.39, 0.29) is 12.5 Å². The third-order valence-electron chi connectivity index (χ3n) is 5.22. The maximum absolute atomic E-state index is 11.8. The summed E-state index contributed by atoms with van der Waals surface area (Å²) < 4.78 is 2.32. The summed E-state index contributed by atoms with van der Waals surface area (Å²) in [5.41, 5.74) is 5.15. The molecule has 0 bridgehead atoms. The highest BCUT2D eigenvalue weighted by Crippen LogP contribution is 2.42. The number of hydrogen-bond acceptors (Lipinski definition) is 3. The standard InChI is InChI=1S/C19H23N3O2/c1-12-3-4-15(9-16(12)11-23)18-17-10-21(13(2)24)7-8-22(17)19(20-18)14-5-6-14/h3-4,9,14,23H,5-8,10-11H2,1-2H3. The summed E-state index contributed by atoms with van der Waals surface area (Å²) in [5, 5.41) is 9.57. The Balaban J connectivity index is 1.82. The smallest absolute Gasteiger partial charge is 0.219 e. The molecular formula is C19H23N3O2. The van der Waals surface area contributed by atoms with Gasteiger partial charge in [0.1, 0.15) is 5.82 Å². The molecule has 5 heteroatoms. The number of fused-ring (bicyclic) bond motifs is 1. The van der Waals surface area contributed by atoms with Gasteiger partial charge in [-0.15, -0.1) is 0 Å². The number of hydrogen-bond donors (Lipinski definition) is 1. The second kappa shape index (κ2) is 5.74. The molecule has 1 N–H and O–H groups in total. The van der Waals surface area contributed by atoms with Crippen LogP contribution in [0.2, 0.25) is 0 Å². The van der Waals surface area contributed by atoms with Crippen LogP contribution in [0.5, 0.6) is 0 Å². The molecule has 1 aromatic carbocycles. The van der Waals surface area contributed by atoms with Gasteiger partial charge in [0.25, 0.3) is 0 Å². The van der Waals surface area contributed by atoms with E-state index in [1.54, 1.807) is 6.92 Å². The predicted molar refractivity (Wildman–Crippen MR) is 91.4 cm³/mol.